The van der Waals surface area contributed by atoms with Gasteiger partial charge in [-0.15, -0.1) is 5.10 Å². The number of fused-ring (bicyclic) bond motifs is 3. The van der Waals surface area contributed by atoms with Crippen molar-refractivity contribution in [2.24, 2.45) is 11.8 Å². The molecular weight excluding hydrogens is 330 g/mol. The summed E-state index contributed by atoms with van der Waals surface area (Å²) in [5.74, 6) is 0.999. The molecule has 5 aliphatic rings. The summed E-state index contributed by atoms with van der Waals surface area (Å²) in [6.07, 6.45) is 10.2. The van der Waals surface area contributed by atoms with Gasteiger partial charge < -0.3 is 15.3 Å². The maximum Gasteiger partial charge on any atom is 0.229 e. The number of hydrogen-bond acceptors (Lipinski definition) is 4. The second kappa shape index (κ2) is 6.30. The van der Waals surface area contributed by atoms with E-state index in [1.165, 1.54) is 0 Å². The summed E-state index contributed by atoms with van der Waals surface area (Å²) in [6, 6.07) is 0.963. The van der Waals surface area contributed by atoms with E-state index in [9.17, 15) is 9.90 Å². The molecule has 5 fully saturated rings. The predicted octanol–water partition coefficient (Wildman–Crippen LogP) is -0.388. The second-order valence-electron chi connectivity index (χ2n) is 9.05. The Kier molecular flexibility index (Phi) is 4.05. The Morgan fingerprint density at radius 2 is 2.15 bits per heavy atom. The Balaban J connectivity index is 1.22. The molecular formula is C19H30N5O2+. The van der Waals surface area contributed by atoms with Crippen molar-refractivity contribution < 1.29 is 14.8 Å². The summed E-state index contributed by atoms with van der Waals surface area (Å²) in [4.78, 5) is 14.1. The maximum absolute atomic E-state index is 12.5. The van der Waals surface area contributed by atoms with Crippen LogP contribution in [0.15, 0.2) is 6.20 Å². The van der Waals surface area contributed by atoms with Crippen LogP contribution >= 0.6 is 0 Å². The predicted molar refractivity (Wildman–Crippen MR) is 94.3 cm³/mol. The minimum atomic E-state index is -0.761. The third-order valence-corrected chi connectivity index (χ3v) is 7.17. The highest BCUT2D eigenvalue weighted by molar-refractivity contribution is 5.79. The fourth-order valence-corrected chi connectivity index (χ4v) is 5.40. The van der Waals surface area contributed by atoms with E-state index in [-0.39, 0.29) is 5.92 Å². The van der Waals surface area contributed by atoms with Crippen LogP contribution in [0.1, 0.15) is 57.1 Å². The first kappa shape index (κ1) is 16.7. The van der Waals surface area contributed by atoms with Crippen LogP contribution in [0.5, 0.6) is 0 Å². The van der Waals surface area contributed by atoms with Gasteiger partial charge in [0.2, 0.25) is 5.91 Å². The molecule has 1 amide bonds. The number of carbonyl (C=O) groups is 1. The van der Waals surface area contributed by atoms with Gasteiger partial charge in [-0.25, -0.2) is 4.68 Å². The summed E-state index contributed by atoms with van der Waals surface area (Å²) >= 11 is 0. The number of amides is 1. The normalized spacial score (nSPS) is 35.6. The molecule has 2 bridgehead atoms. The average Bonchev–Trinajstić information content (AvgIpc) is 3.14. The van der Waals surface area contributed by atoms with Crippen LogP contribution < -0.4 is 10.2 Å². The van der Waals surface area contributed by atoms with Gasteiger partial charge in [0.15, 0.2) is 0 Å². The molecule has 4 atom stereocenters. The SMILES string of the molecule is O=C(NC1CC1)[C@H]1C[NH+]2CC[C@@H]1C[C@@H]2Cn1cc(C2(O)CCCC2)nn1. The second-order valence-corrected chi connectivity index (χ2v) is 9.05. The Hall–Kier alpha value is -1.47. The Morgan fingerprint density at radius 1 is 1.35 bits per heavy atom. The third-order valence-electron chi connectivity index (χ3n) is 7.17. The zero-order valence-corrected chi connectivity index (χ0v) is 15.4. The van der Waals surface area contributed by atoms with E-state index < -0.39 is 5.60 Å². The molecule has 1 aromatic heterocycles. The monoisotopic (exact) mass is 360 g/mol. The van der Waals surface area contributed by atoms with Crippen LogP contribution in [0.3, 0.4) is 0 Å². The summed E-state index contributed by atoms with van der Waals surface area (Å²) in [5.41, 5.74) is -0.0224. The smallest absolute Gasteiger partial charge is 0.229 e. The van der Waals surface area contributed by atoms with Crippen LogP contribution in [-0.4, -0.2) is 51.2 Å². The van der Waals surface area contributed by atoms with Gasteiger partial charge in [0, 0.05) is 18.9 Å². The summed E-state index contributed by atoms with van der Waals surface area (Å²) in [5, 5.41) is 22.5. The fraction of sp³-hybridized carbons (Fsp3) is 0.842. The highest BCUT2D eigenvalue weighted by Gasteiger charge is 2.47. The Morgan fingerprint density at radius 3 is 2.85 bits per heavy atom. The number of piperidine rings is 3. The lowest BCUT2D eigenvalue weighted by Crippen LogP contribution is -3.20. The van der Waals surface area contributed by atoms with Gasteiger partial charge in [-0.3, -0.25) is 4.79 Å². The van der Waals surface area contributed by atoms with Gasteiger partial charge in [-0.1, -0.05) is 18.1 Å². The van der Waals surface area contributed by atoms with Crippen LogP contribution in [0.2, 0.25) is 0 Å². The summed E-state index contributed by atoms with van der Waals surface area (Å²) in [6.45, 7) is 2.96. The average molecular weight is 360 g/mol. The Labute approximate surface area is 154 Å². The number of quaternary nitrogens is 1. The molecule has 3 saturated heterocycles. The molecule has 0 spiro atoms. The molecule has 2 aliphatic carbocycles. The lowest BCUT2D eigenvalue weighted by molar-refractivity contribution is -0.945. The molecule has 0 radical (unpaired) electrons. The van der Waals surface area contributed by atoms with Crippen molar-refractivity contribution in [1.29, 1.82) is 0 Å². The molecule has 2 saturated carbocycles. The van der Waals surface area contributed by atoms with Crippen LogP contribution in [0.25, 0.3) is 0 Å². The van der Waals surface area contributed by atoms with E-state index in [1.54, 1.807) is 4.90 Å². The molecule has 26 heavy (non-hydrogen) atoms. The molecule has 0 aromatic carbocycles. The summed E-state index contributed by atoms with van der Waals surface area (Å²) < 4.78 is 1.92. The van der Waals surface area contributed by atoms with Crippen LogP contribution in [0, 0.1) is 11.8 Å². The topological polar surface area (TPSA) is 84.5 Å². The van der Waals surface area contributed by atoms with E-state index in [2.05, 4.69) is 15.6 Å². The number of nitrogens with zero attached hydrogens (tertiary/aromatic N) is 3. The van der Waals surface area contributed by atoms with Crippen LogP contribution in [0.4, 0.5) is 0 Å². The minimum absolute atomic E-state index is 0.195. The van der Waals surface area contributed by atoms with Crippen molar-refractivity contribution in [2.45, 2.75) is 75.6 Å². The molecule has 6 rings (SSSR count). The molecule has 4 heterocycles. The highest BCUT2D eigenvalue weighted by atomic mass is 16.3. The first-order valence-electron chi connectivity index (χ1n) is 10.4. The Bertz CT molecular complexity index is 679. The third kappa shape index (κ3) is 3.05. The minimum Gasteiger partial charge on any atom is -0.383 e. The lowest BCUT2D eigenvalue weighted by Gasteiger charge is -2.46. The van der Waals surface area contributed by atoms with E-state index in [0.717, 1.165) is 76.7 Å². The molecule has 142 valence electrons. The van der Waals surface area contributed by atoms with Gasteiger partial charge in [-0.05, 0) is 31.6 Å². The van der Waals surface area contributed by atoms with Crippen molar-refractivity contribution in [3.05, 3.63) is 11.9 Å². The molecule has 1 aromatic rings. The molecule has 1 unspecified atom stereocenters. The largest absolute Gasteiger partial charge is 0.383 e. The number of nitrogens with one attached hydrogen (secondary N) is 2. The van der Waals surface area contributed by atoms with Gasteiger partial charge in [0.05, 0.1) is 31.7 Å². The van der Waals surface area contributed by atoms with Crippen molar-refractivity contribution >= 4 is 5.91 Å². The number of hydrogen-bond donors (Lipinski definition) is 3. The maximum atomic E-state index is 12.5. The quantitative estimate of drug-likeness (QED) is 0.668. The summed E-state index contributed by atoms with van der Waals surface area (Å²) in [7, 11) is 0. The molecule has 3 aliphatic heterocycles. The van der Waals surface area contributed by atoms with Crippen molar-refractivity contribution in [3.63, 3.8) is 0 Å². The van der Waals surface area contributed by atoms with Gasteiger partial charge in [0.25, 0.3) is 0 Å². The van der Waals surface area contributed by atoms with E-state index in [1.807, 2.05) is 10.9 Å². The number of carbonyl (C=O) groups excluding carboxylic acids is 1. The zero-order valence-electron chi connectivity index (χ0n) is 15.4. The highest BCUT2D eigenvalue weighted by Crippen LogP contribution is 2.37. The number of aliphatic hydroxyl groups is 1. The van der Waals surface area contributed by atoms with Crippen molar-refractivity contribution in [2.75, 3.05) is 13.1 Å². The molecule has 3 N–H and O–H groups in total. The van der Waals surface area contributed by atoms with Gasteiger partial charge >= 0.3 is 0 Å². The first-order valence-corrected chi connectivity index (χ1v) is 10.4. The fourth-order valence-electron chi connectivity index (χ4n) is 5.40. The van der Waals surface area contributed by atoms with E-state index >= 15 is 0 Å². The molecule has 7 heteroatoms. The lowest BCUT2D eigenvalue weighted by atomic mass is 9.75. The first-order chi connectivity index (χ1) is 12.6. The van der Waals surface area contributed by atoms with E-state index in [0.29, 0.717) is 23.9 Å². The number of rotatable bonds is 5. The zero-order chi connectivity index (χ0) is 17.7. The standard InChI is InChI=1S/C19H29N5O2/c25-18(20-14-3-4-14)16-11-23-8-5-13(16)9-15(23)10-24-12-17(21-22-24)19(26)6-1-2-7-19/h12-16,26H,1-11H2,(H,20,25)/p+1/t13-,15-,16+/m1/s1. The van der Waals surface area contributed by atoms with Crippen molar-refractivity contribution in [3.8, 4) is 0 Å². The number of aromatic nitrogens is 3. The van der Waals surface area contributed by atoms with Gasteiger partial charge in [-0.2, -0.15) is 0 Å². The van der Waals surface area contributed by atoms with Crippen molar-refractivity contribution in [1.82, 2.24) is 20.3 Å². The van der Waals surface area contributed by atoms with Crippen LogP contribution in [-0.2, 0) is 16.9 Å². The van der Waals surface area contributed by atoms with E-state index in [4.69, 9.17) is 0 Å². The van der Waals surface area contributed by atoms with Gasteiger partial charge in [0.1, 0.15) is 17.3 Å². The molecule has 7 nitrogen and oxygen atoms in total.